The molecule has 4 aromatic heterocycles. The number of carbonyl (C=O) groups is 1. The molecule has 0 fully saturated rings. The maximum absolute atomic E-state index is 12.8. The Morgan fingerprint density at radius 2 is 1.76 bits per heavy atom. The smallest absolute Gasteiger partial charge is 0.274 e. The maximum atomic E-state index is 12.8. The van der Waals surface area contributed by atoms with Crippen molar-refractivity contribution in [2.75, 3.05) is 35.4 Å². The van der Waals surface area contributed by atoms with Gasteiger partial charge in [-0.05, 0) is 73.2 Å². The zero-order chi connectivity index (χ0) is 26.6. The molecule has 4 N–H and O–H groups in total. The van der Waals surface area contributed by atoms with Gasteiger partial charge < -0.3 is 21.3 Å². The topological polar surface area (TPSA) is 122 Å². The van der Waals surface area contributed by atoms with E-state index < -0.39 is 0 Å². The van der Waals surface area contributed by atoms with Crippen LogP contribution in [0.3, 0.4) is 0 Å². The molecule has 5 rings (SSSR count). The predicted molar refractivity (Wildman–Crippen MR) is 152 cm³/mol. The van der Waals surface area contributed by atoms with Gasteiger partial charge in [0.1, 0.15) is 11.5 Å². The fraction of sp³-hybridized carbons (Fsp3) is 0.138. The average Bonchev–Trinajstić information content (AvgIpc) is 2.90. The van der Waals surface area contributed by atoms with Crippen LogP contribution in [0.25, 0.3) is 10.9 Å². The molecule has 0 saturated heterocycles. The third-order valence-electron chi connectivity index (χ3n) is 6.09. The highest BCUT2D eigenvalue weighted by atomic mass is 16.1. The minimum atomic E-state index is -0.368. The molecule has 9 heteroatoms. The van der Waals surface area contributed by atoms with Crippen molar-refractivity contribution < 1.29 is 4.79 Å². The number of nitrogens with zero attached hydrogens (tertiary/aromatic N) is 5. The number of fused-ring (bicyclic) bond motifs is 1. The second kappa shape index (κ2) is 10.5. The number of nitrogens with two attached hydrogens (primary N) is 1. The number of benzene rings is 1. The Balaban J connectivity index is 1.27. The van der Waals surface area contributed by atoms with Gasteiger partial charge in [-0.1, -0.05) is 0 Å². The number of rotatable bonds is 7. The van der Waals surface area contributed by atoms with Crippen molar-refractivity contribution in [1.82, 2.24) is 19.9 Å². The zero-order valence-electron chi connectivity index (χ0n) is 21.4. The van der Waals surface area contributed by atoms with Gasteiger partial charge in [0.15, 0.2) is 0 Å². The first-order valence-electron chi connectivity index (χ1n) is 12.1. The van der Waals surface area contributed by atoms with Crippen LogP contribution in [0.2, 0.25) is 0 Å². The second-order valence-electron chi connectivity index (χ2n) is 9.18. The van der Waals surface area contributed by atoms with Gasteiger partial charge >= 0.3 is 0 Å². The minimum absolute atomic E-state index is 0.251. The highest BCUT2D eigenvalue weighted by molar-refractivity contribution is 6.04. The molecule has 0 aliphatic heterocycles. The summed E-state index contributed by atoms with van der Waals surface area (Å²) in [4.78, 5) is 32.3. The molecule has 190 valence electrons. The Labute approximate surface area is 220 Å². The number of anilines is 5. The molecule has 0 aliphatic carbocycles. The van der Waals surface area contributed by atoms with E-state index in [1.54, 1.807) is 30.7 Å². The summed E-state index contributed by atoms with van der Waals surface area (Å²) in [5.74, 6) is -0.117. The quantitative estimate of drug-likeness (QED) is 0.284. The Bertz CT molecular complexity index is 1620. The molecule has 0 spiro atoms. The Kier molecular flexibility index (Phi) is 6.82. The number of aryl methyl sites for hydroxylation is 1. The van der Waals surface area contributed by atoms with Crippen LogP contribution in [0.1, 0.15) is 27.4 Å². The van der Waals surface area contributed by atoms with E-state index >= 15 is 0 Å². The van der Waals surface area contributed by atoms with Crippen molar-refractivity contribution in [2.24, 2.45) is 0 Å². The van der Waals surface area contributed by atoms with Crippen LogP contribution in [0.5, 0.6) is 0 Å². The van der Waals surface area contributed by atoms with Gasteiger partial charge in [0, 0.05) is 61.1 Å². The fourth-order valence-corrected chi connectivity index (χ4v) is 4.11. The molecule has 0 aliphatic rings. The first-order chi connectivity index (χ1) is 18.4. The van der Waals surface area contributed by atoms with Crippen LogP contribution in [0, 0.1) is 6.92 Å². The number of pyridine rings is 4. The number of hydrogen-bond acceptors (Lipinski definition) is 8. The van der Waals surface area contributed by atoms with Crippen molar-refractivity contribution in [3.8, 4) is 0 Å². The summed E-state index contributed by atoms with van der Waals surface area (Å²) in [5.41, 5.74) is 13.3. The summed E-state index contributed by atoms with van der Waals surface area (Å²) in [6.07, 6.45) is 5.78. The maximum Gasteiger partial charge on any atom is 0.274 e. The van der Waals surface area contributed by atoms with E-state index in [1.807, 2.05) is 68.4 Å². The highest BCUT2D eigenvalue weighted by Gasteiger charge is 2.12. The van der Waals surface area contributed by atoms with Gasteiger partial charge in [-0.3, -0.25) is 14.8 Å². The Morgan fingerprint density at radius 1 is 0.921 bits per heavy atom. The Morgan fingerprint density at radius 3 is 2.50 bits per heavy atom. The molecule has 4 heterocycles. The van der Waals surface area contributed by atoms with Crippen LogP contribution in [0.4, 0.5) is 28.6 Å². The van der Waals surface area contributed by atoms with Crippen molar-refractivity contribution >= 4 is 45.4 Å². The van der Waals surface area contributed by atoms with Crippen molar-refractivity contribution in [3.63, 3.8) is 0 Å². The molecule has 0 bridgehead atoms. The molecular weight excluding hydrogens is 476 g/mol. The third-order valence-corrected chi connectivity index (χ3v) is 6.09. The molecule has 0 unspecified atom stereocenters. The largest absolute Gasteiger partial charge is 0.382 e. The first-order valence-corrected chi connectivity index (χ1v) is 12.1. The van der Waals surface area contributed by atoms with E-state index in [2.05, 4.69) is 36.6 Å². The lowest BCUT2D eigenvalue weighted by Crippen LogP contribution is -2.15. The van der Waals surface area contributed by atoms with E-state index in [9.17, 15) is 4.79 Å². The van der Waals surface area contributed by atoms with Crippen LogP contribution in [-0.4, -0.2) is 39.9 Å². The van der Waals surface area contributed by atoms with E-state index in [-0.39, 0.29) is 17.4 Å². The number of carbonyl (C=O) groups excluding carboxylic acids is 1. The van der Waals surface area contributed by atoms with Gasteiger partial charge in [0.2, 0.25) is 0 Å². The van der Waals surface area contributed by atoms with Crippen LogP contribution < -0.4 is 21.3 Å². The molecule has 0 saturated carbocycles. The average molecular weight is 505 g/mol. The van der Waals surface area contributed by atoms with Crippen molar-refractivity contribution in [3.05, 3.63) is 102 Å². The molecule has 0 atom stereocenters. The van der Waals surface area contributed by atoms with E-state index in [4.69, 9.17) is 5.73 Å². The molecule has 38 heavy (non-hydrogen) atoms. The number of amides is 1. The molecule has 1 amide bonds. The monoisotopic (exact) mass is 504 g/mol. The lowest BCUT2D eigenvalue weighted by Gasteiger charge is -2.15. The zero-order valence-corrected chi connectivity index (χ0v) is 21.4. The number of aromatic nitrogens is 4. The summed E-state index contributed by atoms with van der Waals surface area (Å²) in [6, 6.07) is 19.1. The fourth-order valence-electron chi connectivity index (χ4n) is 4.11. The number of nitrogen functional groups attached to an aromatic ring is 1. The number of nitrogens with one attached hydrogen (secondary N) is 2. The van der Waals surface area contributed by atoms with Gasteiger partial charge in [-0.2, -0.15) is 0 Å². The van der Waals surface area contributed by atoms with E-state index in [0.29, 0.717) is 12.1 Å². The van der Waals surface area contributed by atoms with Crippen molar-refractivity contribution in [1.29, 1.82) is 0 Å². The summed E-state index contributed by atoms with van der Waals surface area (Å²) in [7, 11) is 4.00. The molecule has 0 radical (unpaired) electrons. The lowest BCUT2D eigenvalue weighted by atomic mass is 10.1. The molecule has 1 aromatic carbocycles. The van der Waals surface area contributed by atoms with Gasteiger partial charge in [0.25, 0.3) is 5.91 Å². The Hall–Kier alpha value is -5.05. The molecule has 9 nitrogen and oxygen atoms in total. The minimum Gasteiger partial charge on any atom is -0.382 e. The SMILES string of the molecule is Cc1cc(Cc2ccc(NC(=O)c3ccc(Nc4ccnc5ccc(N(C)C)cc45)cn3)c(N)n2)ccn1. The summed E-state index contributed by atoms with van der Waals surface area (Å²) >= 11 is 0. The normalized spacial score (nSPS) is 10.8. The second-order valence-corrected chi connectivity index (χ2v) is 9.18. The third kappa shape index (κ3) is 5.52. The van der Waals surface area contributed by atoms with Crippen LogP contribution in [0.15, 0.2) is 79.3 Å². The standard InChI is InChI=1S/C29H28N8O/c1-18-14-19(10-12-31-18)15-20-4-7-26(28(30)35-20)36-29(38)27-8-5-21(17-33-27)34-25-11-13-32-24-9-6-22(37(2)3)16-23(24)25/h4-14,16-17H,15H2,1-3H3,(H2,30,35)(H,32,34)(H,36,38). The lowest BCUT2D eigenvalue weighted by molar-refractivity contribution is 0.102. The predicted octanol–water partition coefficient (Wildman–Crippen LogP) is 4.96. The number of hydrogen-bond donors (Lipinski definition) is 3. The highest BCUT2D eigenvalue weighted by Crippen LogP contribution is 2.28. The van der Waals surface area contributed by atoms with Gasteiger partial charge in [0.05, 0.1) is 23.1 Å². The van der Waals surface area contributed by atoms with Crippen LogP contribution in [-0.2, 0) is 6.42 Å². The first kappa shape index (κ1) is 24.6. The summed E-state index contributed by atoms with van der Waals surface area (Å²) < 4.78 is 0. The molecular formula is C29H28N8O. The van der Waals surface area contributed by atoms with Crippen molar-refractivity contribution in [2.45, 2.75) is 13.3 Å². The van der Waals surface area contributed by atoms with Crippen LogP contribution >= 0.6 is 0 Å². The van der Waals surface area contributed by atoms with Gasteiger partial charge in [-0.15, -0.1) is 0 Å². The van der Waals surface area contributed by atoms with E-state index in [0.717, 1.165) is 44.9 Å². The summed E-state index contributed by atoms with van der Waals surface area (Å²) in [5, 5.41) is 7.18. The summed E-state index contributed by atoms with van der Waals surface area (Å²) in [6.45, 7) is 1.95. The van der Waals surface area contributed by atoms with E-state index in [1.165, 1.54) is 0 Å². The molecule has 5 aromatic rings. The van der Waals surface area contributed by atoms with Gasteiger partial charge in [-0.25, -0.2) is 9.97 Å².